The summed E-state index contributed by atoms with van der Waals surface area (Å²) in [7, 11) is -1.74. The molecule has 0 saturated carbocycles. The third-order valence-electron chi connectivity index (χ3n) is 4.42. The van der Waals surface area contributed by atoms with Gasteiger partial charge in [0.2, 0.25) is 8.32 Å². The van der Waals surface area contributed by atoms with Crippen molar-refractivity contribution in [1.29, 1.82) is 0 Å². The van der Waals surface area contributed by atoms with Crippen molar-refractivity contribution in [3.05, 3.63) is 29.3 Å². The zero-order chi connectivity index (χ0) is 13.6. The molecule has 0 aromatic heterocycles. The third-order valence-corrected chi connectivity index (χ3v) is 8.78. The summed E-state index contributed by atoms with van der Waals surface area (Å²) in [6, 6.07) is 6.65. The highest BCUT2D eigenvalue weighted by molar-refractivity contribution is 6.74. The summed E-state index contributed by atoms with van der Waals surface area (Å²) in [5.41, 5.74) is 8.80. The van der Waals surface area contributed by atoms with Gasteiger partial charge in [-0.25, -0.2) is 0 Å². The Balaban J connectivity index is 2.24. The minimum atomic E-state index is -1.74. The van der Waals surface area contributed by atoms with Crippen molar-refractivity contribution in [3.8, 4) is 5.75 Å². The van der Waals surface area contributed by atoms with Crippen LogP contribution in [0.25, 0.3) is 0 Å². The van der Waals surface area contributed by atoms with E-state index < -0.39 is 8.32 Å². The van der Waals surface area contributed by atoms with Gasteiger partial charge in [-0.15, -0.1) is 0 Å². The fourth-order valence-electron chi connectivity index (χ4n) is 2.12. The average molecular weight is 263 g/mol. The normalized spacial score (nSPS) is 19.8. The number of fused-ring (bicyclic) bond motifs is 1. The molecule has 1 unspecified atom stereocenters. The van der Waals surface area contributed by atoms with Gasteiger partial charge in [0.05, 0.1) is 0 Å². The van der Waals surface area contributed by atoms with Crippen molar-refractivity contribution in [1.82, 2.24) is 0 Å². The smallest absolute Gasteiger partial charge is 0.250 e. The molecule has 3 heteroatoms. The molecular formula is C15H25NOSi. The van der Waals surface area contributed by atoms with E-state index in [1.165, 1.54) is 11.1 Å². The van der Waals surface area contributed by atoms with E-state index in [-0.39, 0.29) is 11.1 Å². The molecule has 1 atom stereocenters. The predicted octanol–water partition coefficient (Wildman–Crippen LogP) is 4.02. The van der Waals surface area contributed by atoms with Crippen molar-refractivity contribution < 1.29 is 4.43 Å². The zero-order valence-electron chi connectivity index (χ0n) is 12.2. The zero-order valence-corrected chi connectivity index (χ0v) is 13.2. The average Bonchev–Trinajstić information content (AvgIpc) is 2.58. The van der Waals surface area contributed by atoms with Crippen LogP contribution in [0.3, 0.4) is 0 Å². The Morgan fingerprint density at radius 1 is 1.28 bits per heavy atom. The third kappa shape index (κ3) is 2.47. The molecule has 0 radical (unpaired) electrons. The summed E-state index contributed by atoms with van der Waals surface area (Å²) in [4.78, 5) is 0. The molecule has 2 rings (SSSR count). The van der Waals surface area contributed by atoms with Crippen molar-refractivity contribution >= 4 is 8.32 Å². The van der Waals surface area contributed by atoms with Crippen LogP contribution in [-0.4, -0.2) is 8.32 Å². The maximum atomic E-state index is 6.32. The van der Waals surface area contributed by atoms with E-state index >= 15 is 0 Å². The molecule has 0 bridgehead atoms. The molecule has 2 nitrogen and oxygen atoms in total. The van der Waals surface area contributed by atoms with E-state index in [1.807, 2.05) is 0 Å². The summed E-state index contributed by atoms with van der Waals surface area (Å²) >= 11 is 0. The van der Waals surface area contributed by atoms with Crippen LogP contribution in [0.1, 0.15) is 44.4 Å². The lowest BCUT2D eigenvalue weighted by Crippen LogP contribution is -2.43. The van der Waals surface area contributed by atoms with E-state index in [2.05, 4.69) is 52.1 Å². The lowest BCUT2D eigenvalue weighted by atomic mass is 10.1. The summed E-state index contributed by atoms with van der Waals surface area (Å²) in [5, 5.41) is 0.230. The Bertz CT molecular complexity index is 448. The van der Waals surface area contributed by atoms with Crippen LogP contribution in [0.4, 0.5) is 0 Å². The highest BCUT2D eigenvalue weighted by Gasteiger charge is 2.39. The van der Waals surface area contributed by atoms with Gasteiger partial charge in [0.1, 0.15) is 5.75 Å². The number of benzene rings is 1. The van der Waals surface area contributed by atoms with E-state index in [4.69, 9.17) is 10.2 Å². The van der Waals surface area contributed by atoms with Gasteiger partial charge in [0.25, 0.3) is 0 Å². The van der Waals surface area contributed by atoms with E-state index in [0.29, 0.717) is 0 Å². The van der Waals surface area contributed by atoms with Crippen molar-refractivity contribution in [2.75, 3.05) is 0 Å². The Morgan fingerprint density at radius 3 is 2.56 bits per heavy atom. The second-order valence-corrected chi connectivity index (χ2v) is 11.6. The topological polar surface area (TPSA) is 35.2 Å². The first-order valence-corrected chi connectivity index (χ1v) is 9.69. The molecule has 1 aliphatic carbocycles. The van der Waals surface area contributed by atoms with Gasteiger partial charge in [0.15, 0.2) is 0 Å². The number of aryl methyl sites for hydroxylation is 1. The van der Waals surface area contributed by atoms with Crippen LogP contribution in [0.15, 0.2) is 18.2 Å². The number of hydrogen-bond acceptors (Lipinski definition) is 2. The van der Waals surface area contributed by atoms with Gasteiger partial charge < -0.3 is 10.2 Å². The molecule has 0 fully saturated rings. The first-order valence-electron chi connectivity index (χ1n) is 6.78. The standard InChI is InChI=1S/C15H25NOSi/c1-15(2,3)18(4,5)17-12-8-6-11-7-9-14(16)13(11)10-12/h6,8,10,14H,7,9,16H2,1-5H3. The molecule has 0 heterocycles. The lowest BCUT2D eigenvalue weighted by Gasteiger charge is -2.36. The maximum Gasteiger partial charge on any atom is 0.250 e. The monoisotopic (exact) mass is 263 g/mol. The molecule has 1 aromatic carbocycles. The summed E-state index contributed by atoms with van der Waals surface area (Å²) in [6.07, 6.45) is 2.18. The van der Waals surface area contributed by atoms with Crippen molar-refractivity contribution in [2.45, 2.75) is 57.8 Å². The van der Waals surface area contributed by atoms with E-state index in [0.717, 1.165) is 18.6 Å². The molecule has 1 aliphatic rings. The van der Waals surface area contributed by atoms with Gasteiger partial charge in [-0.3, -0.25) is 0 Å². The van der Waals surface area contributed by atoms with Crippen LogP contribution in [0.5, 0.6) is 5.75 Å². The largest absolute Gasteiger partial charge is 0.543 e. The van der Waals surface area contributed by atoms with Gasteiger partial charge in [-0.1, -0.05) is 26.8 Å². The highest BCUT2D eigenvalue weighted by atomic mass is 28.4. The fraction of sp³-hybridized carbons (Fsp3) is 0.600. The SMILES string of the molecule is CC(C)(C)[Si](C)(C)Oc1ccc2c(c1)C(N)CC2. The summed E-state index contributed by atoms with van der Waals surface area (Å²) in [5.74, 6) is 0.998. The quantitative estimate of drug-likeness (QED) is 0.818. The number of nitrogens with two attached hydrogens (primary N) is 1. The Morgan fingerprint density at radius 2 is 1.94 bits per heavy atom. The van der Waals surface area contributed by atoms with Crippen LogP contribution < -0.4 is 10.2 Å². The molecular weight excluding hydrogens is 238 g/mol. The molecule has 1 aromatic rings. The minimum absolute atomic E-state index is 0.197. The second kappa shape index (κ2) is 4.39. The Labute approximate surface area is 112 Å². The van der Waals surface area contributed by atoms with Crippen LogP contribution in [0.2, 0.25) is 18.1 Å². The Kier molecular flexibility index (Phi) is 3.32. The molecule has 0 saturated heterocycles. The molecule has 2 N–H and O–H groups in total. The highest BCUT2D eigenvalue weighted by Crippen LogP contribution is 2.39. The van der Waals surface area contributed by atoms with Crippen LogP contribution >= 0.6 is 0 Å². The second-order valence-electron chi connectivity index (χ2n) is 6.87. The Hall–Kier alpha value is -0.803. The summed E-state index contributed by atoms with van der Waals surface area (Å²) in [6.45, 7) is 11.3. The van der Waals surface area contributed by atoms with Gasteiger partial charge in [-0.2, -0.15) is 0 Å². The van der Waals surface area contributed by atoms with E-state index in [1.54, 1.807) is 0 Å². The first kappa shape index (κ1) is 13.6. The minimum Gasteiger partial charge on any atom is -0.543 e. The number of rotatable bonds is 2. The molecule has 100 valence electrons. The first-order chi connectivity index (χ1) is 8.21. The van der Waals surface area contributed by atoms with Gasteiger partial charge in [-0.05, 0) is 54.2 Å². The van der Waals surface area contributed by atoms with Crippen LogP contribution in [0, 0.1) is 0 Å². The predicted molar refractivity (Wildman–Crippen MR) is 79.5 cm³/mol. The molecule has 18 heavy (non-hydrogen) atoms. The lowest BCUT2D eigenvalue weighted by molar-refractivity contribution is 0.491. The van der Waals surface area contributed by atoms with Gasteiger partial charge >= 0.3 is 0 Å². The molecule has 0 spiro atoms. The fourth-order valence-corrected chi connectivity index (χ4v) is 3.15. The van der Waals surface area contributed by atoms with Crippen LogP contribution in [-0.2, 0) is 6.42 Å². The number of hydrogen-bond donors (Lipinski definition) is 1. The summed E-state index contributed by atoms with van der Waals surface area (Å²) < 4.78 is 6.32. The molecule has 0 amide bonds. The van der Waals surface area contributed by atoms with Gasteiger partial charge in [0, 0.05) is 6.04 Å². The maximum absolute atomic E-state index is 6.32. The van der Waals surface area contributed by atoms with E-state index in [9.17, 15) is 0 Å². The van der Waals surface area contributed by atoms with Crippen molar-refractivity contribution in [3.63, 3.8) is 0 Å². The van der Waals surface area contributed by atoms with Crippen molar-refractivity contribution in [2.24, 2.45) is 5.73 Å². The molecule has 0 aliphatic heterocycles.